The maximum Gasteiger partial charge on any atom is 0.345 e. The average Bonchev–Trinajstić information content (AvgIpc) is 3.41. The van der Waals surface area contributed by atoms with Crippen LogP contribution in [0.2, 0.25) is 0 Å². The predicted octanol–water partition coefficient (Wildman–Crippen LogP) is 2.12. The van der Waals surface area contributed by atoms with Crippen molar-refractivity contribution in [1.82, 2.24) is 0 Å². The highest BCUT2D eigenvalue weighted by molar-refractivity contribution is 6.16. The molecule has 0 amide bonds. The van der Waals surface area contributed by atoms with Crippen molar-refractivity contribution in [2.75, 3.05) is 26.4 Å². The summed E-state index contributed by atoms with van der Waals surface area (Å²) in [5, 5.41) is 0. The molecule has 4 fully saturated rings. The van der Waals surface area contributed by atoms with Gasteiger partial charge in [0.25, 0.3) is 0 Å². The van der Waals surface area contributed by atoms with Crippen LogP contribution >= 0.6 is 0 Å². The number of esters is 4. The first-order valence-corrected chi connectivity index (χ1v) is 10.6. The fourth-order valence-corrected chi connectivity index (χ4v) is 5.32. The lowest BCUT2D eigenvalue weighted by atomic mass is 9.85. The predicted molar refractivity (Wildman–Crippen MR) is 104 cm³/mol. The van der Waals surface area contributed by atoms with E-state index in [2.05, 4.69) is 0 Å². The van der Waals surface area contributed by atoms with Crippen LogP contribution in [0.25, 0.3) is 0 Å². The molecule has 0 heterocycles. The minimum absolute atomic E-state index is 0.0217. The normalized spacial score (nSPS) is 25.3. The van der Waals surface area contributed by atoms with E-state index in [0.717, 1.165) is 11.1 Å². The number of hydrogen-bond donors (Lipinski definition) is 0. The van der Waals surface area contributed by atoms with Crippen LogP contribution in [-0.4, -0.2) is 50.3 Å². The van der Waals surface area contributed by atoms with Gasteiger partial charge in [0, 0.05) is 0 Å². The molecule has 4 rings (SSSR count). The maximum atomic E-state index is 12.5. The topological polar surface area (TPSA) is 105 Å². The monoisotopic (exact) mass is 420 g/mol. The number of hydrogen-bond acceptors (Lipinski definition) is 8. The Balaban J connectivity index is 2.03. The molecule has 0 radical (unpaired) electrons. The zero-order valence-electron chi connectivity index (χ0n) is 17.8. The molecule has 30 heavy (non-hydrogen) atoms. The summed E-state index contributed by atoms with van der Waals surface area (Å²) in [7, 11) is 0. The van der Waals surface area contributed by atoms with E-state index in [1.54, 1.807) is 27.7 Å². The zero-order chi connectivity index (χ0) is 22.0. The molecule has 0 aromatic rings. The summed E-state index contributed by atoms with van der Waals surface area (Å²) in [6, 6.07) is 0. The third-order valence-electron chi connectivity index (χ3n) is 6.08. The molecule has 8 nitrogen and oxygen atoms in total. The van der Waals surface area contributed by atoms with Crippen molar-refractivity contribution < 1.29 is 38.1 Å². The summed E-state index contributed by atoms with van der Waals surface area (Å²) in [4.78, 5) is 50.2. The summed E-state index contributed by atoms with van der Waals surface area (Å²) in [6.45, 7) is 7.32. The second-order valence-electron chi connectivity index (χ2n) is 7.44. The van der Waals surface area contributed by atoms with Crippen LogP contribution < -0.4 is 0 Å². The van der Waals surface area contributed by atoms with E-state index in [1.165, 1.54) is 0 Å². The van der Waals surface area contributed by atoms with Gasteiger partial charge in [-0.2, -0.15) is 0 Å². The number of carbonyl (C=O) groups is 4. The molecule has 0 spiro atoms. The second kappa shape index (κ2) is 9.02. The van der Waals surface area contributed by atoms with E-state index in [1.807, 2.05) is 0 Å². The van der Waals surface area contributed by atoms with Crippen LogP contribution in [0, 0.1) is 23.7 Å². The molecule has 0 aliphatic heterocycles. The molecule has 164 valence electrons. The van der Waals surface area contributed by atoms with Gasteiger partial charge in [-0.3, -0.25) is 0 Å². The van der Waals surface area contributed by atoms with Crippen LogP contribution in [0.4, 0.5) is 0 Å². The second-order valence-corrected chi connectivity index (χ2v) is 7.44. The molecule has 0 aromatic heterocycles. The van der Waals surface area contributed by atoms with Crippen LogP contribution in [0.5, 0.6) is 0 Å². The minimum Gasteiger partial charge on any atom is -0.462 e. The Bertz CT molecular complexity index is 693. The van der Waals surface area contributed by atoms with Crippen molar-refractivity contribution >= 4 is 23.9 Å². The zero-order valence-corrected chi connectivity index (χ0v) is 17.8. The highest BCUT2D eigenvalue weighted by Crippen LogP contribution is 2.69. The van der Waals surface area contributed by atoms with Crippen molar-refractivity contribution in [3.8, 4) is 0 Å². The van der Waals surface area contributed by atoms with Gasteiger partial charge >= 0.3 is 23.9 Å². The molecule has 0 aromatic carbocycles. The van der Waals surface area contributed by atoms with Crippen LogP contribution in [0.15, 0.2) is 22.3 Å². The molecule has 0 saturated heterocycles. The fourth-order valence-electron chi connectivity index (χ4n) is 5.32. The molecule has 4 saturated carbocycles. The lowest BCUT2D eigenvalue weighted by molar-refractivity contribution is -0.148. The molecule has 4 bridgehead atoms. The van der Waals surface area contributed by atoms with Gasteiger partial charge < -0.3 is 18.9 Å². The first-order chi connectivity index (χ1) is 14.4. The molecular weight excluding hydrogens is 392 g/mol. The van der Waals surface area contributed by atoms with Crippen LogP contribution in [-0.2, 0) is 38.1 Å². The van der Waals surface area contributed by atoms with Crippen LogP contribution in [0.3, 0.4) is 0 Å². The number of rotatable bonds is 8. The van der Waals surface area contributed by atoms with Gasteiger partial charge in [0.05, 0.1) is 26.4 Å². The lowest BCUT2D eigenvalue weighted by Gasteiger charge is -2.21. The molecular formula is C22H28O8. The molecule has 4 aliphatic rings. The quantitative estimate of drug-likeness (QED) is 0.193. The Kier molecular flexibility index (Phi) is 6.63. The van der Waals surface area contributed by atoms with Gasteiger partial charge in [0.1, 0.15) is 11.1 Å². The van der Waals surface area contributed by atoms with Gasteiger partial charge in [-0.05, 0) is 75.4 Å². The largest absolute Gasteiger partial charge is 0.462 e. The highest BCUT2D eigenvalue weighted by Gasteiger charge is 2.63. The van der Waals surface area contributed by atoms with Crippen molar-refractivity contribution in [3.05, 3.63) is 22.3 Å². The lowest BCUT2D eigenvalue weighted by Crippen LogP contribution is -2.26. The Morgan fingerprint density at radius 1 is 0.567 bits per heavy atom. The third-order valence-corrected chi connectivity index (χ3v) is 6.08. The number of carbonyl (C=O) groups excluding carboxylic acids is 4. The smallest absolute Gasteiger partial charge is 0.345 e. The van der Waals surface area contributed by atoms with Gasteiger partial charge in [0.2, 0.25) is 0 Å². The van der Waals surface area contributed by atoms with E-state index in [-0.39, 0.29) is 61.2 Å². The van der Waals surface area contributed by atoms with Crippen molar-refractivity contribution in [1.29, 1.82) is 0 Å². The number of ether oxygens (including phenoxy) is 4. The van der Waals surface area contributed by atoms with Gasteiger partial charge in [-0.1, -0.05) is 0 Å². The first kappa shape index (κ1) is 22.1. The standard InChI is InChI=1S/C22H28O8/c1-5-27-19(23)17(20(24)28-6-2)15-11-9-13-12(15)10-14(11)16(13)18(21(25)29-7-3)22(26)30-8-4/h11-14H,5-10H2,1-4H3. The van der Waals surface area contributed by atoms with Crippen molar-refractivity contribution in [2.24, 2.45) is 23.7 Å². The Labute approximate surface area is 175 Å². The number of allylic oxidation sites excluding steroid dienone is 2. The summed E-state index contributed by atoms with van der Waals surface area (Å²) in [5.74, 6) is -3.10. The van der Waals surface area contributed by atoms with Gasteiger partial charge in [-0.25, -0.2) is 19.2 Å². The van der Waals surface area contributed by atoms with E-state index in [0.29, 0.717) is 12.8 Å². The molecule has 4 unspecified atom stereocenters. The minimum atomic E-state index is -0.675. The summed E-state index contributed by atoms with van der Waals surface area (Å²) < 4.78 is 20.5. The van der Waals surface area contributed by atoms with Gasteiger partial charge in [-0.15, -0.1) is 0 Å². The van der Waals surface area contributed by atoms with E-state index in [4.69, 9.17) is 18.9 Å². The maximum absolute atomic E-state index is 12.5. The Morgan fingerprint density at radius 2 is 0.800 bits per heavy atom. The first-order valence-electron chi connectivity index (χ1n) is 10.6. The van der Waals surface area contributed by atoms with E-state index >= 15 is 0 Å². The molecule has 0 N–H and O–H groups in total. The van der Waals surface area contributed by atoms with Crippen LogP contribution in [0.1, 0.15) is 40.5 Å². The van der Waals surface area contributed by atoms with E-state index in [9.17, 15) is 19.2 Å². The molecule has 4 aliphatic carbocycles. The van der Waals surface area contributed by atoms with Crippen molar-refractivity contribution in [2.45, 2.75) is 40.5 Å². The Morgan fingerprint density at radius 3 is 1.00 bits per heavy atom. The average molecular weight is 420 g/mol. The van der Waals surface area contributed by atoms with Gasteiger partial charge in [0.15, 0.2) is 0 Å². The SMILES string of the molecule is CCOC(=O)C(C(=O)OCC)=C1C2CC3C(=C(C(=O)OCC)C(=O)OCC)C2CC13. The molecule has 4 atom stereocenters. The van der Waals surface area contributed by atoms with Crippen molar-refractivity contribution in [3.63, 3.8) is 0 Å². The van der Waals surface area contributed by atoms with E-state index < -0.39 is 23.9 Å². The summed E-state index contributed by atoms with van der Waals surface area (Å²) >= 11 is 0. The highest BCUT2D eigenvalue weighted by atomic mass is 16.6. The molecule has 8 heteroatoms. The summed E-state index contributed by atoms with van der Waals surface area (Å²) in [5.41, 5.74) is 1.45. The third kappa shape index (κ3) is 3.52. The summed E-state index contributed by atoms with van der Waals surface area (Å²) in [6.07, 6.45) is 1.34. The fraction of sp³-hybridized carbons (Fsp3) is 0.636. The Hall–Kier alpha value is -2.64.